The molecule has 0 saturated carbocycles. The summed E-state index contributed by atoms with van der Waals surface area (Å²) in [4.78, 5) is 3.93. The summed E-state index contributed by atoms with van der Waals surface area (Å²) in [6.45, 7) is 6.68. The topological polar surface area (TPSA) is 70.5 Å². The molecular formula is C13H22N2O3S. The van der Waals surface area contributed by atoms with Crippen molar-refractivity contribution in [2.75, 3.05) is 13.1 Å². The smallest absolute Gasteiger partial charge is 0.260 e. The van der Waals surface area contributed by atoms with Crippen molar-refractivity contribution < 1.29 is 13.5 Å². The highest BCUT2D eigenvalue weighted by Crippen LogP contribution is 2.16. The first-order chi connectivity index (χ1) is 8.95. The highest BCUT2D eigenvalue weighted by atomic mass is 32.2. The number of sulfonamides is 1. The average Bonchev–Trinajstić information content (AvgIpc) is 2.44. The van der Waals surface area contributed by atoms with Crippen molar-refractivity contribution in [3.63, 3.8) is 0 Å². The van der Waals surface area contributed by atoms with Crippen molar-refractivity contribution >= 4 is 10.0 Å². The number of nitrogens with zero attached hydrogens (tertiary/aromatic N) is 2. The van der Waals surface area contributed by atoms with Crippen molar-refractivity contribution in [1.29, 1.82) is 0 Å². The van der Waals surface area contributed by atoms with E-state index in [9.17, 15) is 8.42 Å². The molecule has 0 radical (unpaired) electrons. The van der Waals surface area contributed by atoms with E-state index in [4.69, 9.17) is 5.11 Å². The van der Waals surface area contributed by atoms with E-state index in [1.807, 2.05) is 20.8 Å². The molecule has 6 heteroatoms. The number of hydrogen-bond donors (Lipinski definition) is 1. The number of aliphatic hydroxyl groups is 1. The van der Waals surface area contributed by atoms with Crippen LogP contribution >= 0.6 is 0 Å². The zero-order valence-electron chi connectivity index (χ0n) is 11.7. The van der Waals surface area contributed by atoms with Gasteiger partial charge in [-0.15, -0.1) is 0 Å². The van der Waals surface area contributed by atoms with Gasteiger partial charge in [0.1, 0.15) is 0 Å². The standard InChI is InChI=1S/C13H22N2O3S/c1-4-11(3)9-15(5-2)19(17,18)13-7-6-12(10-16)8-14-13/h6-8,11,16H,4-5,9-10H2,1-3H3. The maximum Gasteiger partial charge on any atom is 0.260 e. The second-order valence-corrected chi connectivity index (χ2v) is 6.52. The van der Waals surface area contributed by atoms with Crippen molar-refractivity contribution in [1.82, 2.24) is 9.29 Å². The SMILES string of the molecule is CCC(C)CN(CC)S(=O)(=O)c1ccc(CO)cn1. The largest absolute Gasteiger partial charge is 0.392 e. The molecule has 0 amide bonds. The van der Waals surface area contributed by atoms with Crippen molar-refractivity contribution in [3.8, 4) is 0 Å². The predicted octanol–water partition coefficient (Wildman–Crippen LogP) is 1.63. The lowest BCUT2D eigenvalue weighted by Crippen LogP contribution is -2.35. The highest BCUT2D eigenvalue weighted by Gasteiger charge is 2.25. The summed E-state index contributed by atoms with van der Waals surface area (Å²) in [5.74, 6) is 0.312. The maximum atomic E-state index is 12.4. The van der Waals surface area contributed by atoms with Crippen molar-refractivity contribution in [2.45, 2.75) is 38.8 Å². The van der Waals surface area contributed by atoms with Crippen LogP contribution < -0.4 is 0 Å². The second kappa shape index (κ2) is 6.98. The van der Waals surface area contributed by atoms with E-state index in [0.29, 0.717) is 24.6 Å². The van der Waals surface area contributed by atoms with Crippen LogP contribution in [0.25, 0.3) is 0 Å². The normalized spacial score (nSPS) is 13.7. The molecule has 1 aromatic heterocycles. The molecule has 19 heavy (non-hydrogen) atoms. The van der Waals surface area contributed by atoms with E-state index in [1.165, 1.54) is 16.6 Å². The minimum Gasteiger partial charge on any atom is -0.392 e. The van der Waals surface area contributed by atoms with Crippen LogP contribution in [0.2, 0.25) is 0 Å². The molecule has 0 saturated heterocycles. The van der Waals surface area contributed by atoms with Crippen molar-refractivity contribution in [2.24, 2.45) is 5.92 Å². The summed E-state index contributed by atoms with van der Waals surface area (Å²) in [6, 6.07) is 3.02. The van der Waals surface area contributed by atoms with Crippen LogP contribution in [0.15, 0.2) is 23.4 Å². The summed E-state index contributed by atoms with van der Waals surface area (Å²) in [5, 5.41) is 8.97. The molecule has 1 unspecified atom stereocenters. The van der Waals surface area contributed by atoms with Gasteiger partial charge in [-0.05, 0) is 17.5 Å². The minimum atomic E-state index is -3.54. The highest BCUT2D eigenvalue weighted by molar-refractivity contribution is 7.89. The molecular weight excluding hydrogens is 264 g/mol. The molecule has 1 atom stereocenters. The number of aliphatic hydroxyl groups excluding tert-OH is 1. The number of pyridine rings is 1. The number of hydrogen-bond acceptors (Lipinski definition) is 4. The van der Waals surface area contributed by atoms with E-state index in [2.05, 4.69) is 4.98 Å². The number of rotatable bonds is 7. The van der Waals surface area contributed by atoms with Gasteiger partial charge in [0.05, 0.1) is 6.61 Å². The zero-order valence-corrected chi connectivity index (χ0v) is 12.5. The molecule has 1 N–H and O–H groups in total. The summed E-state index contributed by atoms with van der Waals surface area (Å²) in [6.07, 6.45) is 2.33. The first-order valence-electron chi connectivity index (χ1n) is 6.51. The summed E-state index contributed by atoms with van der Waals surface area (Å²) >= 11 is 0. The zero-order chi connectivity index (χ0) is 14.5. The monoisotopic (exact) mass is 286 g/mol. The lowest BCUT2D eigenvalue weighted by Gasteiger charge is -2.22. The molecule has 0 aromatic carbocycles. The van der Waals surface area contributed by atoms with Gasteiger partial charge in [-0.1, -0.05) is 33.3 Å². The lowest BCUT2D eigenvalue weighted by atomic mass is 10.1. The number of aromatic nitrogens is 1. The van der Waals surface area contributed by atoms with Crippen LogP contribution in [-0.4, -0.2) is 35.9 Å². The molecule has 1 aromatic rings. The fourth-order valence-corrected chi connectivity index (χ4v) is 3.14. The predicted molar refractivity (Wildman–Crippen MR) is 74.0 cm³/mol. The quantitative estimate of drug-likeness (QED) is 0.827. The van der Waals surface area contributed by atoms with E-state index < -0.39 is 10.0 Å². The van der Waals surface area contributed by atoms with E-state index in [-0.39, 0.29) is 11.6 Å². The van der Waals surface area contributed by atoms with Crippen LogP contribution in [-0.2, 0) is 16.6 Å². The molecule has 1 rings (SSSR count). The Labute approximate surface area is 115 Å². The van der Waals surface area contributed by atoms with Gasteiger partial charge in [-0.3, -0.25) is 0 Å². The Kier molecular flexibility index (Phi) is 5.90. The molecule has 1 heterocycles. The van der Waals surface area contributed by atoms with Gasteiger partial charge in [0.25, 0.3) is 10.0 Å². The Hall–Kier alpha value is -0.980. The van der Waals surface area contributed by atoms with Gasteiger partial charge >= 0.3 is 0 Å². The summed E-state index contributed by atoms with van der Waals surface area (Å²) in [7, 11) is -3.54. The van der Waals surface area contributed by atoms with Crippen LogP contribution in [0.3, 0.4) is 0 Å². The first-order valence-corrected chi connectivity index (χ1v) is 7.95. The van der Waals surface area contributed by atoms with Gasteiger partial charge in [0.2, 0.25) is 0 Å². The van der Waals surface area contributed by atoms with Crippen LogP contribution in [0.4, 0.5) is 0 Å². The summed E-state index contributed by atoms with van der Waals surface area (Å²) in [5.41, 5.74) is 0.601. The molecule has 0 fully saturated rings. The second-order valence-electron chi connectivity index (χ2n) is 4.63. The van der Waals surface area contributed by atoms with E-state index in [0.717, 1.165) is 6.42 Å². The van der Waals surface area contributed by atoms with Gasteiger partial charge < -0.3 is 5.11 Å². The molecule has 0 spiro atoms. The molecule has 108 valence electrons. The van der Waals surface area contributed by atoms with E-state index >= 15 is 0 Å². The van der Waals surface area contributed by atoms with Gasteiger partial charge in [0, 0.05) is 19.3 Å². The molecule has 0 aliphatic heterocycles. The Morgan fingerprint density at radius 3 is 2.47 bits per heavy atom. The fourth-order valence-electron chi connectivity index (χ4n) is 1.66. The third-order valence-corrected chi connectivity index (χ3v) is 5.01. The molecule has 0 bridgehead atoms. The Balaban J connectivity index is 2.99. The van der Waals surface area contributed by atoms with Gasteiger partial charge in [0.15, 0.2) is 5.03 Å². The van der Waals surface area contributed by atoms with Crippen LogP contribution in [0, 0.1) is 5.92 Å². The third kappa shape index (κ3) is 3.99. The van der Waals surface area contributed by atoms with Crippen LogP contribution in [0.5, 0.6) is 0 Å². The Bertz CT molecular complexity index is 485. The first kappa shape index (κ1) is 16.1. The lowest BCUT2D eigenvalue weighted by molar-refractivity contribution is 0.281. The van der Waals surface area contributed by atoms with Gasteiger partial charge in [-0.2, -0.15) is 4.31 Å². The minimum absolute atomic E-state index is 0.0369. The van der Waals surface area contributed by atoms with Crippen molar-refractivity contribution in [3.05, 3.63) is 23.9 Å². The van der Waals surface area contributed by atoms with Gasteiger partial charge in [-0.25, -0.2) is 13.4 Å². The Morgan fingerprint density at radius 1 is 1.37 bits per heavy atom. The summed E-state index contributed by atoms with van der Waals surface area (Å²) < 4.78 is 26.3. The Morgan fingerprint density at radius 2 is 2.05 bits per heavy atom. The maximum absolute atomic E-state index is 12.4. The van der Waals surface area contributed by atoms with Crippen LogP contribution in [0.1, 0.15) is 32.8 Å². The third-order valence-electron chi connectivity index (χ3n) is 3.15. The fraction of sp³-hybridized carbons (Fsp3) is 0.615. The van der Waals surface area contributed by atoms with E-state index in [1.54, 1.807) is 6.07 Å². The molecule has 5 nitrogen and oxygen atoms in total. The molecule has 0 aliphatic carbocycles. The molecule has 0 aliphatic rings. The average molecular weight is 286 g/mol.